The molecule has 0 fully saturated rings. The number of rotatable bonds is 4. The van der Waals surface area contributed by atoms with Crippen LogP contribution in [0.2, 0.25) is 0 Å². The Balaban J connectivity index is 1.36. The van der Waals surface area contributed by atoms with Crippen LogP contribution in [0.4, 0.5) is 0 Å². The fraction of sp³-hybridized carbons (Fsp3) is 0. The first-order valence-corrected chi connectivity index (χ1v) is 17.8. The van der Waals surface area contributed by atoms with Gasteiger partial charge in [0, 0.05) is 44.3 Å². The van der Waals surface area contributed by atoms with Gasteiger partial charge in [-0.3, -0.25) is 0 Å². The minimum absolute atomic E-state index is 0.833. The summed E-state index contributed by atoms with van der Waals surface area (Å²) in [5.41, 5.74) is 17.5. The van der Waals surface area contributed by atoms with Gasteiger partial charge in [-0.25, -0.2) is 9.97 Å². The van der Waals surface area contributed by atoms with Crippen molar-refractivity contribution in [3.05, 3.63) is 180 Å². The Kier molecular flexibility index (Phi) is 7.21. The van der Waals surface area contributed by atoms with E-state index in [1.807, 2.05) is 6.08 Å². The number of nitrogens with zero attached hydrogens (tertiary/aromatic N) is 2. The van der Waals surface area contributed by atoms with Crippen LogP contribution in [0.5, 0.6) is 0 Å². The van der Waals surface area contributed by atoms with Crippen molar-refractivity contribution < 1.29 is 0 Å². The summed E-state index contributed by atoms with van der Waals surface area (Å²) in [6, 6.07) is 49.3. The van der Waals surface area contributed by atoms with Crippen LogP contribution in [0.25, 0.3) is 107 Å². The van der Waals surface area contributed by atoms with Crippen LogP contribution in [0, 0.1) is 0 Å². The van der Waals surface area contributed by atoms with E-state index in [9.17, 15) is 0 Å². The maximum atomic E-state index is 5.41. The van der Waals surface area contributed by atoms with Gasteiger partial charge in [-0.05, 0) is 105 Å². The van der Waals surface area contributed by atoms with Crippen LogP contribution in [-0.4, -0.2) is 19.9 Å². The molecule has 2 N–H and O–H groups in total. The first kappa shape index (κ1) is 30.6. The van der Waals surface area contributed by atoms with Gasteiger partial charge in [-0.15, -0.1) is 5.73 Å². The summed E-state index contributed by atoms with van der Waals surface area (Å²) >= 11 is 0. The second-order valence-electron chi connectivity index (χ2n) is 13.4. The Labute approximate surface area is 306 Å². The molecule has 8 aromatic rings. The van der Waals surface area contributed by atoms with E-state index in [0.717, 1.165) is 83.8 Å². The van der Waals surface area contributed by atoms with Gasteiger partial charge in [0.25, 0.3) is 0 Å². The third kappa shape index (κ3) is 5.34. The molecule has 0 amide bonds. The summed E-state index contributed by atoms with van der Waals surface area (Å²) < 4.78 is 0. The average molecular weight is 677 g/mol. The topological polar surface area (TPSA) is 57.4 Å². The van der Waals surface area contributed by atoms with Gasteiger partial charge < -0.3 is 9.97 Å². The molecule has 0 atom stereocenters. The van der Waals surface area contributed by atoms with E-state index in [-0.39, 0.29) is 0 Å². The number of aromatic amines is 2. The molecular formula is C49H32N4. The van der Waals surface area contributed by atoms with Gasteiger partial charge in [-0.2, -0.15) is 0 Å². The average Bonchev–Trinajstić information content (AvgIpc) is 4.05. The van der Waals surface area contributed by atoms with Crippen molar-refractivity contribution in [3.8, 4) is 33.4 Å². The predicted octanol–water partition coefficient (Wildman–Crippen LogP) is 12.8. The predicted molar refractivity (Wildman–Crippen MR) is 224 cm³/mol. The van der Waals surface area contributed by atoms with Crippen molar-refractivity contribution in [2.24, 2.45) is 0 Å². The number of benzene rings is 5. The molecule has 53 heavy (non-hydrogen) atoms. The molecule has 3 aromatic heterocycles. The van der Waals surface area contributed by atoms with Crippen molar-refractivity contribution in [1.29, 1.82) is 0 Å². The van der Waals surface area contributed by atoms with Gasteiger partial charge >= 0.3 is 0 Å². The van der Waals surface area contributed by atoms with Crippen molar-refractivity contribution in [1.82, 2.24) is 19.9 Å². The molecule has 0 saturated carbocycles. The smallest absolute Gasteiger partial charge is 0.0737 e. The van der Waals surface area contributed by atoms with E-state index >= 15 is 0 Å². The summed E-state index contributed by atoms with van der Waals surface area (Å²) in [5, 5.41) is 4.74. The highest BCUT2D eigenvalue weighted by atomic mass is 14.8. The van der Waals surface area contributed by atoms with Gasteiger partial charge in [-0.1, -0.05) is 110 Å². The van der Waals surface area contributed by atoms with Crippen molar-refractivity contribution in [2.75, 3.05) is 0 Å². The largest absolute Gasteiger partial charge is 0.354 e. The molecule has 0 spiro atoms. The Morgan fingerprint density at radius 2 is 0.849 bits per heavy atom. The molecule has 0 saturated heterocycles. The first-order valence-electron chi connectivity index (χ1n) is 17.8. The third-order valence-electron chi connectivity index (χ3n) is 10.2. The van der Waals surface area contributed by atoms with Crippen LogP contribution in [0.15, 0.2) is 152 Å². The van der Waals surface area contributed by atoms with E-state index in [4.69, 9.17) is 9.97 Å². The van der Waals surface area contributed by atoms with Crippen LogP contribution in [0.1, 0.15) is 28.3 Å². The van der Waals surface area contributed by atoms with E-state index in [2.05, 4.69) is 186 Å². The number of aromatic nitrogens is 4. The maximum absolute atomic E-state index is 5.41. The molecule has 10 rings (SSSR count). The maximum Gasteiger partial charge on any atom is 0.0737 e. The summed E-state index contributed by atoms with van der Waals surface area (Å²) in [6.45, 7) is 3.95. The lowest BCUT2D eigenvalue weighted by Crippen LogP contribution is -1.89. The molecule has 0 unspecified atom stereocenters. The first-order chi connectivity index (χ1) is 26.2. The summed E-state index contributed by atoms with van der Waals surface area (Å²) in [5.74, 6) is 0. The molecular weight excluding hydrogens is 645 g/mol. The quantitative estimate of drug-likeness (QED) is 0.182. The number of fused-ring (bicyclic) bond motifs is 10. The number of hydrogen-bond donors (Lipinski definition) is 2. The standard InChI is InChI=1S/C49H32N4/c1-2-10-38-39-21-23-43(50-39)48(36-19-17-31-11-6-8-15-34(31)29-36)45-27-25-41(52-45)47(33-13-4-3-5-14-33)42-26-28-46(53-42)49(44-24-22-40(38)51-44)37-20-18-32-12-7-9-16-35(32)30-37/h3-30,50,53H,1H2. The summed E-state index contributed by atoms with van der Waals surface area (Å²) in [4.78, 5) is 18.3. The van der Waals surface area contributed by atoms with Gasteiger partial charge in [0.15, 0.2) is 0 Å². The number of hydrogen-bond acceptors (Lipinski definition) is 2. The molecule has 5 heterocycles. The van der Waals surface area contributed by atoms with Crippen LogP contribution < -0.4 is 0 Å². The molecule has 5 aromatic carbocycles. The lowest BCUT2D eigenvalue weighted by atomic mass is 10.00. The van der Waals surface area contributed by atoms with Crippen LogP contribution in [0.3, 0.4) is 0 Å². The summed E-state index contributed by atoms with van der Waals surface area (Å²) in [7, 11) is 0. The lowest BCUT2D eigenvalue weighted by Gasteiger charge is -2.07. The van der Waals surface area contributed by atoms with Crippen molar-refractivity contribution in [3.63, 3.8) is 0 Å². The van der Waals surface area contributed by atoms with E-state index in [0.29, 0.717) is 0 Å². The molecule has 8 bridgehead atoms. The van der Waals surface area contributed by atoms with Crippen molar-refractivity contribution in [2.45, 2.75) is 0 Å². The second-order valence-corrected chi connectivity index (χ2v) is 13.4. The molecule has 4 nitrogen and oxygen atoms in total. The molecule has 4 heteroatoms. The summed E-state index contributed by atoms with van der Waals surface area (Å²) in [6.07, 6.45) is 10.4. The van der Waals surface area contributed by atoms with E-state index < -0.39 is 0 Å². The Morgan fingerprint density at radius 1 is 0.415 bits per heavy atom. The molecule has 248 valence electrons. The fourth-order valence-corrected chi connectivity index (χ4v) is 7.69. The van der Waals surface area contributed by atoms with Crippen molar-refractivity contribution >= 4 is 74.0 Å². The Morgan fingerprint density at radius 3 is 1.40 bits per heavy atom. The third-order valence-corrected chi connectivity index (χ3v) is 10.2. The minimum atomic E-state index is 0.833. The lowest BCUT2D eigenvalue weighted by molar-refractivity contribution is 1.30. The highest BCUT2D eigenvalue weighted by molar-refractivity contribution is 6.00. The zero-order chi connectivity index (χ0) is 35.3. The van der Waals surface area contributed by atoms with Gasteiger partial charge in [0.2, 0.25) is 0 Å². The molecule has 2 aliphatic heterocycles. The van der Waals surface area contributed by atoms with Gasteiger partial charge in [0.05, 0.1) is 22.8 Å². The fourth-order valence-electron chi connectivity index (χ4n) is 7.69. The van der Waals surface area contributed by atoms with E-state index in [1.165, 1.54) is 21.5 Å². The molecule has 0 aliphatic carbocycles. The molecule has 2 aliphatic rings. The Hall–Kier alpha value is -7.26. The number of H-pyrrole nitrogens is 2. The zero-order valence-corrected chi connectivity index (χ0v) is 28.8. The highest BCUT2D eigenvalue weighted by Gasteiger charge is 2.18. The Bertz CT molecular complexity index is 2980. The van der Waals surface area contributed by atoms with Gasteiger partial charge in [0.1, 0.15) is 0 Å². The normalized spacial score (nSPS) is 12.0. The highest BCUT2D eigenvalue weighted by Crippen LogP contribution is 2.38. The number of nitrogens with one attached hydrogen (secondary N) is 2. The van der Waals surface area contributed by atoms with Crippen LogP contribution in [-0.2, 0) is 0 Å². The monoisotopic (exact) mass is 676 g/mol. The SMILES string of the molecule is C=C=Cc1c2nc(c(-c3ccc4ccccc4c3)c3ccc([nH]3)c(-c3ccccc3)c3nc(c(-c4ccc5ccccc5c4)c4ccc1[nH]4)C=C3)C=C2. The van der Waals surface area contributed by atoms with E-state index in [1.54, 1.807) is 0 Å². The van der Waals surface area contributed by atoms with Crippen LogP contribution >= 0.6 is 0 Å². The molecule has 0 radical (unpaired) electrons. The zero-order valence-electron chi connectivity index (χ0n) is 28.8. The second kappa shape index (κ2) is 12.5. The minimum Gasteiger partial charge on any atom is -0.354 e.